The summed E-state index contributed by atoms with van der Waals surface area (Å²) >= 11 is 16.8. The van der Waals surface area contributed by atoms with Crippen LogP contribution in [0.1, 0.15) is 0 Å². The third kappa shape index (κ3) is 52.7. The molecule has 0 rings (SSSR count). The lowest BCUT2D eigenvalue weighted by Crippen LogP contribution is -1.83. The molecule has 0 N–H and O–H groups in total. The van der Waals surface area contributed by atoms with Crippen LogP contribution in [0, 0.1) is 0 Å². The molecule has 0 saturated carbocycles. The SMILES string of the molecule is CS(Br)(Br)(Br)(Br)Br. The molecule has 0 saturated heterocycles. The summed E-state index contributed by atoms with van der Waals surface area (Å²) in [6.45, 7) is 0. The molecule has 0 amide bonds. The first-order valence-corrected chi connectivity index (χ1v) is 13.3. The van der Waals surface area contributed by atoms with Gasteiger partial charge in [-0.2, -0.15) is 0 Å². The molecule has 48 valence electrons. The van der Waals surface area contributed by atoms with E-state index in [0.29, 0.717) is 0 Å². The standard InChI is InChI=1S/CH3Br5S/c1-7(2,3,4,5)6/h1H3. The summed E-state index contributed by atoms with van der Waals surface area (Å²) in [6.07, 6.45) is 1.93. The van der Waals surface area contributed by atoms with Crippen molar-refractivity contribution < 1.29 is 0 Å². The van der Waals surface area contributed by atoms with Crippen molar-refractivity contribution in [2.75, 3.05) is 6.26 Å². The Kier molecular flexibility index (Phi) is 2.32. The molecule has 0 atom stereocenters. The monoisotopic (exact) mass is 442 g/mol. The van der Waals surface area contributed by atoms with Gasteiger partial charge in [0.2, 0.25) is 0 Å². The van der Waals surface area contributed by atoms with Crippen LogP contribution in [0.4, 0.5) is 0 Å². The lowest BCUT2D eigenvalue weighted by Gasteiger charge is -2.48. The molecule has 0 nitrogen and oxygen atoms in total. The van der Waals surface area contributed by atoms with Gasteiger partial charge in [0, 0.05) is 0 Å². The summed E-state index contributed by atoms with van der Waals surface area (Å²) in [5, 5.41) is 0. The lowest BCUT2D eigenvalue weighted by atomic mass is 12.0. The number of halogens is 5. The van der Waals surface area contributed by atoms with Crippen molar-refractivity contribution in [2.45, 2.75) is 0 Å². The molecule has 7 heavy (non-hydrogen) atoms. The van der Waals surface area contributed by atoms with E-state index in [1.165, 1.54) is 0 Å². The molecule has 0 aromatic heterocycles. The van der Waals surface area contributed by atoms with E-state index in [0.717, 1.165) is 0 Å². The van der Waals surface area contributed by atoms with Crippen LogP contribution >= 0.6 is 74.5 Å². The van der Waals surface area contributed by atoms with E-state index in [4.69, 9.17) is 0 Å². The number of hydrogen-bond acceptors (Lipinski definition) is 0. The Balaban J connectivity index is 4.43. The maximum Gasteiger partial charge on any atom is -0.00519 e. The molecule has 0 aromatic rings. The van der Waals surface area contributed by atoms with E-state index in [1.807, 2.05) is 6.26 Å². The first-order chi connectivity index (χ1) is 2.45. The fraction of sp³-hybridized carbons (Fsp3) is 1.00. The number of hydrogen-bond donors (Lipinski definition) is 0. The Morgan fingerprint density at radius 2 is 0.857 bits per heavy atom. The van der Waals surface area contributed by atoms with Gasteiger partial charge in [-0.3, -0.25) is 0 Å². The molecule has 0 aliphatic heterocycles. The summed E-state index contributed by atoms with van der Waals surface area (Å²) in [5.41, 5.74) is 0. The third-order valence-corrected chi connectivity index (χ3v) is 0. The van der Waals surface area contributed by atoms with Gasteiger partial charge in [0.1, 0.15) is 0 Å². The predicted octanol–water partition coefficient (Wildman–Crippen LogP) is 5.04. The van der Waals surface area contributed by atoms with E-state index in [1.54, 1.807) is 0 Å². The highest BCUT2D eigenvalue weighted by atomic mass is 80.0. The zero-order chi connectivity index (χ0) is 6.41. The van der Waals surface area contributed by atoms with Gasteiger partial charge in [0.25, 0.3) is 0 Å². The van der Waals surface area contributed by atoms with Crippen LogP contribution in [0.25, 0.3) is 0 Å². The Hall–Kier alpha value is 2.75. The molecule has 0 aromatic carbocycles. The Bertz CT molecular complexity index is 66.6. The summed E-state index contributed by atoms with van der Waals surface area (Å²) in [5.74, 6) is 0. The second kappa shape index (κ2) is 1.67. The van der Waals surface area contributed by atoms with Gasteiger partial charge in [0.15, 0.2) is 0 Å². The van der Waals surface area contributed by atoms with Crippen LogP contribution in [0.15, 0.2) is 0 Å². The minimum Gasteiger partial charge on any atom is -0.0537 e. The molecule has 0 spiro atoms. The molecule has 0 radical (unpaired) electrons. The fourth-order valence-electron chi connectivity index (χ4n) is 0. The average Bonchev–Trinajstić information content (AvgIpc) is 0.592. The van der Waals surface area contributed by atoms with Crippen LogP contribution < -0.4 is 0 Å². The zero-order valence-electron chi connectivity index (χ0n) is 3.30. The van der Waals surface area contributed by atoms with Crippen molar-refractivity contribution in [3.8, 4) is 0 Å². The van der Waals surface area contributed by atoms with Crippen molar-refractivity contribution >= 4 is 74.5 Å². The second-order valence-corrected chi connectivity index (χ2v) is 59.3. The first kappa shape index (κ1) is 9.75. The molecule has 6 heteroatoms. The molecule has 0 fully saturated rings. The van der Waals surface area contributed by atoms with Crippen LogP contribution in [0.2, 0.25) is 0 Å². The maximum atomic E-state index is 3.37. The largest absolute Gasteiger partial charge is 0.0537 e. The van der Waals surface area contributed by atoms with Crippen LogP contribution in [0.3, 0.4) is 0 Å². The normalized spacial score (nSPS) is 23.1. The van der Waals surface area contributed by atoms with Crippen molar-refractivity contribution in [1.29, 1.82) is 0 Å². The molecular formula is CH3Br5S. The molecule has 0 unspecified atom stereocenters. The van der Waals surface area contributed by atoms with Gasteiger partial charge in [-0.25, -0.2) is 0 Å². The Morgan fingerprint density at radius 3 is 0.857 bits per heavy atom. The lowest BCUT2D eigenvalue weighted by molar-refractivity contribution is 2.52. The molecular weight excluding hydrogens is 444 g/mol. The van der Waals surface area contributed by atoms with Gasteiger partial charge in [0.05, 0.1) is 0 Å². The van der Waals surface area contributed by atoms with E-state index >= 15 is 0 Å². The zero-order valence-corrected chi connectivity index (χ0v) is 12.0. The van der Waals surface area contributed by atoms with Crippen molar-refractivity contribution in [1.82, 2.24) is 0 Å². The topological polar surface area (TPSA) is 0 Å². The van der Waals surface area contributed by atoms with Gasteiger partial charge in [-0.15, -0.1) is 0 Å². The average molecular weight is 447 g/mol. The smallest absolute Gasteiger partial charge is 0.00519 e. The minimum atomic E-state index is -2.41. The van der Waals surface area contributed by atoms with Gasteiger partial charge >= 0.3 is 0 Å². The first-order valence-electron chi connectivity index (χ1n) is 1.18. The second-order valence-electron chi connectivity index (χ2n) is 1.35. The van der Waals surface area contributed by atoms with Crippen molar-refractivity contribution in [3.63, 3.8) is 0 Å². The van der Waals surface area contributed by atoms with Crippen LogP contribution in [-0.2, 0) is 0 Å². The van der Waals surface area contributed by atoms with Crippen molar-refractivity contribution in [2.24, 2.45) is 0 Å². The third-order valence-electron chi connectivity index (χ3n) is 0. The summed E-state index contributed by atoms with van der Waals surface area (Å²) < 4.78 is -2.41. The molecule has 0 aliphatic rings. The van der Waals surface area contributed by atoms with E-state index < -0.39 is 0.461 Å². The quantitative estimate of drug-likeness (QED) is 0.489. The molecule has 0 heterocycles. The van der Waals surface area contributed by atoms with Crippen LogP contribution in [0.5, 0.6) is 0 Å². The predicted molar refractivity (Wildman–Crippen MR) is 58.2 cm³/mol. The van der Waals surface area contributed by atoms with E-state index in [-0.39, 0.29) is 0 Å². The summed E-state index contributed by atoms with van der Waals surface area (Å²) in [7, 11) is 0. The van der Waals surface area contributed by atoms with Crippen molar-refractivity contribution in [3.05, 3.63) is 0 Å². The molecule has 0 bridgehead atoms. The highest BCUT2D eigenvalue weighted by Gasteiger charge is 2.42. The van der Waals surface area contributed by atoms with Gasteiger partial charge in [-0.1, -0.05) is 0.461 Å². The molecule has 0 aliphatic carbocycles. The van der Waals surface area contributed by atoms with E-state index in [2.05, 4.69) is 74.1 Å². The summed E-state index contributed by atoms with van der Waals surface area (Å²) in [6, 6.07) is 0. The Labute approximate surface area is 79.4 Å². The minimum absolute atomic E-state index is 1.93. The summed E-state index contributed by atoms with van der Waals surface area (Å²) in [4.78, 5) is 0. The van der Waals surface area contributed by atoms with Gasteiger partial charge < -0.3 is 0 Å². The van der Waals surface area contributed by atoms with Crippen LogP contribution in [-0.4, -0.2) is 6.26 Å². The highest BCUT2D eigenvalue weighted by Crippen LogP contribution is 3.14. The Morgan fingerprint density at radius 1 is 0.857 bits per heavy atom. The maximum absolute atomic E-state index is 3.37. The highest BCUT2D eigenvalue weighted by molar-refractivity contribution is 10.6. The fourth-order valence-corrected chi connectivity index (χ4v) is 0. The van der Waals surface area contributed by atoms with E-state index in [9.17, 15) is 0 Å². The van der Waals surface area contributed by atoms with Gasteiger partial charge in [-0.05, 0) is 80.3 Å². The number of rotatable bonds is 0.